The molecule has 0 radical (unpaired) electrons. The molecule has 0 bridgehead atoms. The van der Waals surface area contributed by atoms with Gasteiger partial charge in [-0.15, -0.1) is 0 Å². The van der Waals surface area contributed by atoms with Crippen LogP contribution in [0.1, 0.15) is 61.0 Å². The van der Waals surface area contributed by atoms with Gasteiger partial charge in [0.1, 0.15) is 11.6 Å². The summed E-state index contributed by atoms with van der Waals surface area (Å²) in [5, 5.41) is 7.25. The lowest BCUT2D eigenvalue weighted by atomic mass is 10.0. The minimum atomic E-state index is 0.257. The molecule has 6 nitrogen and oxygen atoms in total. The first-order valence-corrected chi connectivity index (χ1v) is 13.7. The third-order valence-corrected chi connectivity index (χ3v) is 7.98. The van der Waals surface area contributed by atoms with Crippen LogP contribution in [0.5, 0.6) is 0 Å². The van der Waals surface area contributed by atoms with Crippen molar-refractivity contribution in [2.45, 2.75) is 43.8 Å². The quantitative estimate of drug-likeness (QED) is 0.209. The van der Waals surface area contributed by atoms with Crippen LogP contribution in [0, 0.1) is 0 Å². The van der Waals surface area contributed by atoms with Gasteiger partial charge in [0.05, 0.1) is 35.9 Å². The number of hydrogen-bond acceptors (Lipinski definition) is 4. The summed E-state index contributed by atoms with van der Waals surface area (Å²) in [7, 11) is 0. The van der Waals surface area contributed by atoms with E-state index in [1.54, 1.807) is 0 Å². The minimum Gasteiger partial charge on any atom is -0.341 e. The van der Waals surface area contributed by atoms with Gasteiger partial charge in [-0.2, -0.15) is 0 Å². The van der Waals surface area contributed by atoms with Crippen molar-refractivity contribution in [1.29, 1.82) is 0 Å². The van der Waals surface area contributed by atoms with Gasteiger partial charge >= 0.3 is 0 Å². The van der Waals surface area contributed by atoms with E-state index in [-0.39, 0.29) is 6.04 Å². The van der Waals surface area contributed by atoms with E-state index in [2.05, 4.69) is 104 Å². The van der Waals surface area contributed by atoms with Crippen LogP contribution in [0.15, 0.2) is 91.3 Å². The molecular weight excluding hydrogens is 468 g/mol. The summed E-state index contributed by atoms with van der Waals surface area (Å²) in [6, 6.07) is 29.1. The fraction of sp³-hybridized carbons (Fsp3) is 0.250. The number of aromatic nitrogens is 4. The average Bonchev–Trinajstić information content (AvgIpc) is 3.80. The van der Waals surface area contributed by atoms with Crippen molar-refractivity contribution in [2.75, 3.05) is 6.54 Å². The van der Waals surface area contributed by atoms with Crippen LogP contribution < -0.4 is 10.6 Å². The smallest absolute Gasteiger partial charge is 0.123 e. The zero-order chi connectivity index (χ0) is 25.3. The van der Waals surface area contributed by atoms with E-state index in [1.807, 2.05) is 12.4 Å². The van der Waals surface area contributed by atoms with Crippen LogP contribution in [0.3, 0.4) is 0 Å². The van der Waals surface area contributed by atoms with E-state index >= 15 is 0 Å². The molecule has 2 fully saturated rings. The van der Waals surface area contributed by atoms with Gasteiger partial charge in [0.25, 0.3) is 0 Å². The van der Waals surface area contributed by atoms with Crippen molar-refractivity contribution in [3.8, 4) is 33.6 Å². The van der Waals surface area contributed by atoms with Gasteiger partial charge in [-0.05, 0) is 60.0 Å². The molecule has 3 atom stereocenters. The van der Waals surface area contributed by atoms with Crippen molar-refractivity contribution in [2.24, 2.45) is 0 Å². The van der Waals surface area contributed by atoms with Crippen LogP contribution in [-0.4, -0.2) is 26.5 Å². The van der Waals surface area contributed by atoms with Gasteiger partial charge in [0.2, 0.25) is 0 Å². The molecule has 2 aromatic heterocycles. The van der Waals surface area contributed by atoms with Gasteiger partial charge in [-0.25, -0.2) is 9.97 Å². The maximum Gasteiger partial charge on any atom is 0.123 e. The van der Waals surface area contributed by atoms with Crippen molar-refractivity contribution in [3.05, 3.63) is 108 Å². The highest BCUT2D eigenvalue weighted by Crippen LogP contribution is 2.34. The van der Waals surface area contributed by atoms with Crippen molar-refractivity contribution < 1.29 is 0 Å². The van der Waals surface area contributed by atoms with Gasteiger partial charge < -0.3 is 20.6 Å². The third kappa shape index (κ3) is 4.57. The first kappa shape index (κ1) is 23.1. The average molecular weight is 501 g/mol. The van der Waals surface area contributed by atoms with Crippen molar-refractivity contribution in [1.82, 2.24) is 30.6 Å². The molecular formula is C32H32N6. The summed E-state index contributed by atoms with van der Waals surface area (Å²) in [6.07, 6.45) is 8.46. The number of aromatic amines is 2. The molecule has 5 aromatic rings. The number of benzene rings is 3. The summed E-state index contributed by atoms with van der Waals surface area (Å²) in [6.45, 7) is 1.07. The lowest BCUT2D eigenvalue weighted by molar-refractivity contribution is 0.555. The molecule has 0 spiro atoms. The predicted molar refractivity (Wildman–Crippen MR) is 151 cm³/mol. The summed E-state index contributed by atoms with van der Waals surface area (Å²) in [5.74, 6) is 2.06. The molecule has 7 rings (SSSR count). The molecule has 190 valence electrons. The van der Waals surface area contributed by atoms with E-state index in [0.717, 1.165) is 60.0 Å². The maximum absolute atomic E-state index is 4.72. The third-order valence-electron chi connectivity index (χ3n) is 7.98. The molecule has 2 aliphatic heterocycles. The number of H-pyrrole nitrogens is 2. The van der Waals surface area contributed by atoms with E-state index < -0.39 is 0 Å². The predicted octanol–water partition coefficient (Wildman–Crippen LogP) is 6.72. The molecule has 4 heterocycles. The van der Waals surface area contributed by atoms with Gasteiger partial charge in [0, 0.05) is 6.04 Å². The summed E-state index contributed by atoms with van der Waals surface area (Å²) in [5.41, 5.74) is 8.17. The number of nitrogens with one attached hydrogen (secondary N) is 4. The molecule has 38 heavy (non-hydrogen) atoms. The van der Waals surface area contributed by atoms with Gasteiger partial charge in [0.15, 0.2) is 0 Å². The highest BCUT2D eigenvalue weighted by atomic mass is 15.1. The highest BCUT2D eigenvalue weighted by Gasteiger charge is 2.27. The van der Waals surface area contributed by atoms with Crippen LogP contribution in [0.4, 0.5) is 0 Å². The number of rotatable bonds is 6. The van der Waals surface area contributed by atoms with Gasteiger partial charge in [-0.3, -0.25) is 0 Å². The number of imidazole rings is 2. The van der Waals surface area contributed by atoms with Crippen molar-refractivity contribution >= 4 is 0 Å². The summed E-state index contributed by atoms with van der Waals surface area (Å²) >= 11 is 0. The number of hydrogen-bond donors (Lipinski definition) is 4. The first-order chi connectivity index (χ1) is 18.8. The SMILES string of the molecule is c1ccc([C@H]2CC[C@@H](c3ncc(-c4ccc(-c5ccc(-c6cnc(C7CCCN7)[nH]6)cc5)cc4)[nH]3)N2)cc1. The maximum atomic E-state index is 4.72. The van der Waals surface area contributed by atoms with Crippen LogP contribution in [0.25, 0.3) is 33.6 Å². The Morgan fingerprint density at radius 3 is 1.68 bits per heavy atom. The van der Waals surface area contributed by atoms with E-state index in [4.69, 9.17) is 4.98 Å². The van der Waals surface area contributed by atoms with E-state index in [9.17, 15) is 0 Å². The minimum absolute atomic E-state index is 0.257. The Morgan fingerprint density at radius 1 is 0.553 bits per heavy atom. The molecule has 0 amide bonds. The molecule has 1 unspecified atom stereocenters. The van der Waals surface area contributed by atoms with Crippen LogP contribution >= 0.6 is 0 Å². The Bertz CT molecular complexity index is 1490. The second-order valence-corrected chi connectivity index (χ2v) is 10.4. The Hall–Kier alpha value is -4.00. The molecule has 0 aliphatic carbocycles. The topological polar surface area (TPSA) is 81.4 Å². The zero-order valence-electron chi connectivity index (χ0n) is 21.3. The summed E-state index contributed by atoms with van der Waals surface area (Å²) < 4.78 is 0. The Kier molecular flexibility index (Phi) is 6.12. The van der Waals surface area contributed by atoms with Crippen LogP contribution in [0.2, 0.25) is 0 Å². The molecule has 3 aromatic carbocycles. The standard InChI is InChI=1S/C32H32N6/c1-2-5-23(6-3-1)26-16-17-28(36-26)32-35-20-30(38-32)25-14-10-22(11-15-25)21-8-12-24(13-9-21)29-19-34-31(37-29)27-7-4-18-33-27/h1-3,5-6,8-15,19-20,26-28,33,36H,4,7,16-18H2,(H,34,37)(H,35,38)/t26-,27?,28+/m1/s1. The zero-order valence-corrected chi connectivity index (χ0v) is 21.3. The molecule has 4 N–H and O–H groups in total. The fourth-order valence-corrected chi connectivity index (χ4v) is 5.83. The first-order valence-electron chi connectivity index (χ1n) is 13.7. The fourth-order valence-electron chi connectivity index (χ4n) is 5.83. The Morgan fingerprint density at radius 2 is 1.11 bits per heavy atom. The monoisotopic (exact) mass is 500 g/mol. The van der Waals surface area contributed by atoms with Gasteiger partial charge in [-0.1, -0.05) is 78.9 Å². The molecule has 2 saturated heterocycles. The normalized spacial score (nSPS) is 21.2. The lowest BCUT2D eigenvalue weighted by Gasteiger charge is -2.13. The Labute approximate surface area is 223 Å². The highest BCUT2D eigenvalue weighted by molar-refractivity contribution is 5.71. The molecule has 6 heteroatoms. The Balaban J connectivity index is 1.02. The van der Waals surface area contributed by atoms with Crippen LogP contribution in [-0.2, 0) is 0 Å². The molecule has 0 saturated carbocycles. The largest absolute Gasteiger partial charge is 0.341 e. The molecule has 2 aliphatic rings. The lowest BCUT2D eigenvalue weighted by Crippen LogP contribution is -2.18. The number of nitrogens with zero attached hydrogens (tertiary/aromatic N) is 2. The second kappa shape index (κ2) is 10.0. The van der Waals surface area contributed by atoms with E-state index in [1.165, 1.54) is 23.1 Å². The van der Waals surface area contributed by atoms with E-state index in [0.29, 0.717) is 12.1 Å². The summed E-state index contributed by atoms with van der Waals surface area (Å²) in [4.78, 5) is 16.4. The second-order valence-electron chi connectivity index (χ2n) is 10.4. The van der Waals surface area contributed by atoms with Crippen molar-refractivity contribution in [3.63, 3.8) is 0 Å².